The maximum Gasteiger partial charge on any atom is 0.0784 e. The summed E-state index contributed by atoms with van der Waals surface area (Å²) in [6, 6.07) is 0. The van der Waals surface area contributed by atoms with E-state index in [1.807, 2.05) is 0 Å². The van der Waals surface area contributed by atoms with Crippen molar-refractivity contribution in [2.75, 3.05) is 19.6 Å². The molecule has 1 heterocycles. The van der Waals surface area contributed by atoms with Crippen molar-refractivity contribution in [3.8, 4) is 0 Å². The third kappa shape index (κ3) is 3.71. The van der Waals surface area contributed by atoms with Gasteiger partial charge in [0.05, 0.1) is 10.6 Å². The molecule has 2 rings (SSSR count). The first-order valence-electron chi connectivity index (χ1n) is 8.08. The predicted octanol–water partition coefficient (Wildman–Crippen LogP) is 2.71. The first-order valence-corrected chi connectivity index (χ1v) is 8.49. The lowest BCUT2D eigenvalue weighted by Gasteiger charge is -2.47. The summed E-state index contributed by atoms with van der Waals surface area (Å²) < 4.78 is 0. The van der Waals surface area contributed by atoms with Crippen LogP contribution in [0.4, 0.5) is 0 Å². The molecule has 1 aliphatic heterocycles. The van der Waals surface area contributed by atoms with Crippen LogP contribution in [-0.4, -0.2) is 40.2 Å². The molecule has 116 valence electrons. The lowest BCUT2D eigenvalue weighted by molar-refractivity contribution is -0.0954. The minimum Gasteiger partial charge on any atom is -0.393 e. The van der Waals surface area contributed by atoms with Crippen molar-refractivity contribution < 1.29 is 5.11 Å². The molecule has 1 saturated carbocycles. The van der Waals surface area contributed by atoms with Gasteiger partial charge in [0.1, 0.15) is 0 Å². The Morgan fingerprint density at radius 2 is 2.15 bits per heavy atom. The van der Waals surface area contributed by atoms with Crippen molar-refractivity contribution >= 4 is 17.2 Å². The van der Waals surface area contributed by atoms with Gasteiger partial charge in [0, 0.05) is 24.4 Å². The lowest BCUT2D eigenvalue weighted by Crippen LogP contribution is -2.53. The van der Waals surface area contributed by atoms with Gasteiger partial charge in [-0.3, -0.25) is 0 Å². The molecule has 0 aromatic rings. The minimum absolute atomic E-state index is 0.0311. The van der Waals surface area contributed by atoms with Gasteiger partial charge in [-0.1, -0.05) is 38.9 Å². The number of hydrogen-bond donors (Lipinski definition) is 2. The summed E-state index contributed by atoms with van der Waals surface area (Å²) in [5.74, 6) is 0.494. The topological polar surface area (TPSA) is 49.5 Å². The Balaban J connectivity index is 1.77. The van der Waals surface area contributed by atoms with Gasteiger partial charge >= 0.3 is 0 Å². The molecule has 3 N–H and O–H groups in total. The van der Waals surface area contributed by atoms with Crippen molar-refractivity contribution in [2.24, 2.45) is 17.1 Å². The second-order valence-corrected chi connectivity index (χ2v) is 7.89. The average molecular weight is 298 g/mol. The van der Waals surface area contributed by atoms with Crippen LogP contribution < -0.4 is 5.73 Å². The molecule has 0 aromatic heterocycles. The Morgan fingerprint density at radius 1 is 1.40 bits per heavy atom. The van der Waals surface area contributed by atoms with Crippen LogP contribution in [0, 0.1) is 11.3 Å². The van der Waals surface area contributed by atoms with Crippen molar-refractivity contribution in [3.63, 3.8) is 0 Å². The number of nitrogens with two attached hydrogens (primary N) is 1. The Kier molecular flexibility index (Phi) is 5.09. The standard InChI is InChI=1S/C16H30N2OS/c1-15(2,14(17)20)7-5-10-18-11-9-16(19)8-4-3-6-13(16)12-18/h13,19H,3-12H2,1-2H3,(H2,17,20). The summed E-state index contributed by atoms with van der Waals surface area (Å²) in [6.45, 7) is 7.49. The van der Waals surface area contributed by atoms with Gasteiger partial charge in [-0.05, 0) is 38.6 Å². The highest BCUT2D eigenvalue weighted by molar-refractivity contribution is 7.80. The quantitative estimate of drug-likeness (QED) is 0.766. The first kappa shape index (κ1) is 16.2. The molecule has 2 unspecified atom stereocenters. The van der Waals surface area contributed by atoms with Gasteiger partial charge in [0.2, 0.25) is 0 Å². The van der Waals surface area contributed by atoms with Crippen LogP contribution in [0.1, 0.15) is 58.8 Å². The number of thiocarbonyl (C=S) groups is 1. The highest BCUT2D eigenvalue weighted by Gasteiger charge is 2.42. The average Bonchev–Trinajstić information content (AvgIpc) is 2.38. The minimum atomic E-state index is -0.354. The number of hydrogen-bond acceptors (Lipinski definition) is 3. The van der Waals surface area contributed by atoms with E-state index in [9.17, 15) is 5.11 Å². The van der Waals surface area contributed by atoms with Crippen LogP contribution in [0.5, 0.6) is 0 Å². The predicted molar refractivity (Wildman–Crippen MR) is 87.8 cm³/mol. The van der Waals surface area contributed by atoms with Crippen molar-refractivity contribution in [1.29, 1.82) is 0 Å². The molecule has 0 amide bonds. The molecule has 20 heavy (non-hydrogen) atoms. The summed E-state index contributed by atoms with van der Waals surface area (Å²) >= 11 is 5.12. The van der Waals surface area contributed by atoms with Crippen LogP contribution in [0.3, 0.4) is 0 Å². The molecule has 1 aliphatic carbocycles. The third-order valence-electron chi connectivity index (χ3n) is 5.45. The third-order valence-corrected chi connectivity index (χ3v) is 6.01. The van der Waals surface area contributed by atoms with E-state index in [2.05, 4.69) is 18.7 Å². The van der Waals surface area contributed by atoms with E-state index in [4.69, 9.17) is 18.0 Å². The summed E-state index contributed by atoms with van der Waals surface area (Å²) in [7, 11) is 0. The smallest absolute Gasteiger partial charge is 0.0784 e. The number of likely N-dealkylation sites (tertiary alicyclic amines) is 1. The zero-order valence-corrected chi connectivity index (χ0v) is 13.8. The Hall–Kier alpha value is -0.190. The second kappa shape index (κ2) is 6.29. The SMILES string of the molecule is CC(C)(CCCN1CCC2(O)CCCCC2C1)C(N)=S. The highest BCUT2D eigenvalue weighted by Crippen LogP contribution is 2.39. The van der Waals surface area contributed by atoms with Crippen LogP contribution >= 0.6 is 12.2 Å². The summed E-state index contributed by atoms with van der Waals surface area (Å²) in [6.07, 6.45) is 7.84. The number of piperidine rings is 1. The van der Waals surface area contributed by atoms with E-state index in [0.717, 1.165) is 45.3 Å². The summed E-state index contributed by atoms with van der Waals surface area (Å²) in [4.78, 5) is 3.15. The highest BCUT2D eigenvalue weighted by atomic mass is 32.1. The molecular weight excluding hydrogens is 268 g/mol. The van der Waals surface area contributed by atoms with E-state index in [-0.39, 0.29) is 11.0 Å². The van der Waals surface area contributed by atoms with E-state index in [1.54, 1.807) is 0 Å². The molecule has 4 heteroatoms. The molecule has 0 radical (unpaired) electrons. The van der Waals surface area contributed by atoms with Gasteiger partial charge < -0.3 is 15.7 Å². The first-order chi connectivity index (χ1) is 9.33. The van der Waals surface area contributed by atoms with Crippen LogP contribution in [-0.2, 0) is 0 Å². The molecule has 0 aromatic carbocycles. The van der Waals surface area contributed by atoms with Gasteiger partial charge in [-0.25, -0.2) is 0 Å². The number of rotatable bonds is 5. The number of nitrogens with zero attached hydrogens (tertiary/aromatic N) is 1. The fraction of sp³-hybridized carbons (Fsp3) is 0.938. The van der Waals surface area contributed by atoms with E-state index in [0.29, 0.717) is 10.9 Å². The zero-order valence-electron chi connectivity index (χ0n) is 13.0. The molecule has 1 saturated heterocycles. The van der Waals surface area contributed by atoms with Crippen molar-refractivity contribution in [2.45, 2.75) is 64.4 Å². The lowest BCUT2D eigenvalue weighted by atomic mass is 9.71. The fourth-order valence-electron chi connectivity index (χ4n) is 3.71. The Bertz CT molecular complexity index is 358. The van der Waals surface area contributed by atoms with Gasteiger partial charge in [-0.15, -0.1) is 0 Å². The Labute approximate surface area is 128 Å². The zero-order chi connectivity index (χ0) is 14.8. The summed E-state index contributed by atoms with van der Waals surface area (Å²) in [5.41, 5.74) is 5.39. The molecular formula is C16H30N2OS. The van der Waals surface area contributed by atoms with E-state index < -0.39 is 0 Å². The van der Waals surface area contributed by atoms with Crippen LogP contribution in [0.15, 0.2) is 0 Å². The van der Waals surface area contributed by atoms with E-state index in [1.165, 1.54) is 19.3 Å². The second-order valence-electron chi connectivity index (χ2n) is 7.45. The molecule has 2 atom stereocenters. The normalized spacial score (nSPS) is 31.9. The monoisotopic (exact) mass is 298 g/mol. The number of fused-ring (bicyclic) bond motifs is 1. The maximum absolute atomic E-state index is 10.7. The van der Waals surface area contributed by atoms with Gasteiger partial charge in [-0.2, -0.15) is 0 Å². The molecule has 3 nitrogen and oxygen atoms in total. The van der Waals surface area contributed by atoms with Crippen LogP contribution in [0.25, 0.3) is 0 Å². The van der Waals surface area contributed by atoms with Crippen molar-refractivity contribution in [1.82, 2.24) is 4.90 Å². The largest absolute Gasteiger partial charge is 0.393 e. The molecule has 2 aliphatic rings. The van der Waals surface area contributed by atoms with Gasteiger partial charge in [0.25, 0.3) is 0 Å². The van der Waals surface area contributed by atoms with Gasteiger partial charge in [0.15, 0.2) is 0 Å². The fourth-order valence-corrected chi connectivity index (χ4v) is 3.81. The molecule has 0 spiro atoms. The summed E-state index contributed by atoms with van der Waals surface area (Å²) in [5, 5.41) is 10.7. The maximum atomic E-state index is 10.7. The molecule has 0 bridgehead atoms. The molecule has 2 fully saturated rings. The number of aliphatic hydroxyl groups is 1. The Morgan fingerprint density at radius 3 is 2.85 bits per heavy atom. The van der Waals surface area contributed by atoms with Crippen LogP contribution in [0.2, 0.25) is 0 Å². The van der Waals surface area contributed by atoms with E-state index >= 15 is 0 Å². The van der Waals surface area contributed by atoms with Crippen molar-refractivity contribution in [3.05, 3.63) is 0 Å².